The lowest BCUT2D eigenvalue weighted by molar-refractivity contribution is -0.131. The van der Waals surface area contributed by atoms with Crippen molar-refractivity contribution in [3.8, 4) is 0 Å². The Hall–Kier alpha value is -2.57. The molecular formula is C16H21N5O2. The molecule has 1 aliphatic heterocycles. The molecule has 122 valence electrons. The third-order valence-electron chi connectivity index (χ3n) is 4.21. The summed E-state index contributed by atoms with van der Waals surface area (Å²) in [6.07, 6.45) is 2.86. The van der Waals surface area contributed by atoms with E-state index in [1.54, 1.807) is 4.90 Å². The van der Waals surface area contributed by atoms with Crippen LogP contribution in [0.1, 0.15) is 18.7 Å². The highest BCUT2D eigenvalue weighted by atomic mass is 16.2. The average Bonchev–Trinajstić information content (AvgIpc) is 2.95. The zero-order valence-electron chi connectivity index (χ0n) is 12.9. The molecule has 2 aromatic rings. The smallest absolute Gasteiger partial charge is 0.312 e. The second kappa shape index (κ2) is 6.68. The van der Waals surface area contributed by atoms with E-state index in [4.69, 9.17) is 5.73 Å². The van der Waals surface area contributed by atoms with Crippen molar-refractivity contribution in [2.24, 2.45) is 11.7 Å². The molecule has 7 nitrogen and oxygen atoms in total. The lowest BCUT2D eigenvalue weighted by Gasteiger charge is -2.32. The number of benzene rings is 1. The van der Waals surface area contributed by atoms with Crippen molar-refractivity contribution in [3.05, 3.63) is 30.1 Å². The van der Waals surface area contributed by atoms with E-state index in [0.29, 0.717) is 12.5 Å². The molecule has 0 bridgehead atoms. The molecule has 1 saturated heterocycles. The number of nitrogens with two attached hydrogens (primary N) is 1. The number of hydrogen-bond donors (Lipinski definition) is 3. The van der Waals surface area contributed by atoms with Crippen LogP contribution in [0.5, 0.6) is 0 Å². The van der Waals surface area contributed by atoms with Crippen molar-refractivity contribution in [2.45, 2.75) is 19.3 Å². The summed E-state index contributed by atoms with van der Waals surface area (Å²) in [4.78, 5) is 32.5. The minimum absolute atomic E-state index is 0.0350. The molecule has 0 aliphatic carbocycles. The quantitative estimate of drug-likeness (QED) is 0.784. The van der Waals surface area contributed by atoms with Crippen LogP contribution in [0.2, 0.25) is 0 Å². The van der Waals surface area contributed by atoms with Crippen molar-refractivity contribution in [2.75, 3.05) is 19.6 Å². The van der Waals surface area contributed by atoms with E-state index in [2.05, 4.69) is 15.3 Å². The molecule has 3 amide bonds. The molecule has 2 heterocycles. The number of aromatic amines is 1. The number of carbonyl (C=O) groups excluding carboxylic acids is 2. The summed E-state index contributed by atoms with van der Waals surface area (Å²) in [5, 5.41) is 2.35. The molecule has 1 atom stereocenters. The van der Waals surface area contributed by atoms with Crippen LogP contribution in [0.4, 0.5) is 4.79 Å². The van der Waals surface area contributed by atoms with E-state index in [1.165, 1.54) is 0 Å². The van der Waals surface area contributed by atoms with Gasteiger partial charge in [-0.3, -0.25) is 4.79 Å². The number of imidazole rings is 1. The fraction of sp³-hybridized carbons (Fsp3) is 0.438. The number of urea groups is 1. The number of H-pyrrole nitrogens is 1. The Kier molecular flexibility index (Phi) is 4.45. The standard InChI is InChI=1S/C16H21N5O2/c17-16(23)18-9-15(22)21-7-3-4-11(10-21)8-14-19-12-5-1-2-6-13(12)20-14/h1-2,5-6,11H,3-4,7-10H2,(H,19,20)(H3,17,18,23). The summed E-state index contributed by atoms with van der Waals surface area (Å²) in [5.41, 5.74) is 7.01. The van der Waals surface area contributed by atoms with Crippen LogP contribution in [0.3, 0.4) is 0 Å². The maximum absolute atomic E-state index is 12.1. The van der Waals surface area contributed by atoms with Crippen LogP contribution in [0.15, 0.2) is 24.3 Å². The van der Waals surface area contributed by atoms with Gasteiger partial charge in [-0.2, -0.15) is 0 Å². The number of nitrogens with one attached hydrogen (secondary N) is 2. The third-order valence-corrected chi connectivity index (χ3v) is 4.21. The number of amides is 3. The van der Waals surface area contributed by atoms with Crippen molar-refractivity contribution < 1.29 is 9.59 Å². The SMILES string of the molecule is NC(=O)NCC(=O)N1CCCC(Cc2nc3ccccc3[nH]2)C1. The molecule has 7 heteroatoms. The number of likely N-dealkylation sites (tertiary alicyclic amines) is 1. The number of nitrogens with zero attached hydrogens (tertiary/aromatic N) is 2. The van der Waals surface area contributed by atoms with Gasteiger partial charge in [0, 0.05) is 19.5 Å². The highest BCUT2D eigenvalue weighted by Gasteiger charge is 2.24. The fourth-order valence-electron chi connectivity index (χ4n) is 3.11. The van der Waals surface area contributed by atoms with Gasteiger partial charge in [0.2, 0.25) is 5.91 Å². The molecule has 1 aromatic heterocycles. The Labute approximate surface area is 134 Å². The van der Waals surface area contributed by atoms with Gasteiger partial charge in [0.05, 0.1) is 17.6 Å². The van der Waals surface area contributed by atoms with Crippen LogP contribution in [0, 0.1) is 5.92 Å². The zero-order valence-corrected chi connectivity index (χ0v) is 12.9. The number of carbonyl (C=O) groups is 2. The maximum Gasteiger partial charge on any atom is 0.312 e. The van der Waals surface area contributed by atoms with Crippen molar-refractivity contribution in [1.82, 2.24) is 20.2 Å². The number of fused-ring (bicyclic) bond motifs is 1. The Morgan fingerprint density at radius 3 is 3.00 bits per heavy atom. The number of piperidine rings is 1. The van der Waals surface area contributed by atoms with Gasteiger partial charge in [0.15, 0.2) is 0 Å². The van der Waals surface area contributed by atoms with E-state index in [-0.39, 0.29) is 12.5 Å². The summed E-state index contributed by atoms with van der Waals surface area (Å²) in [6.45, 7) is 1.39. The van der Waals surface area contributed by atoms with Gasteiger partial charge in [-0.25, -0.2) is 9.78 Å². The zero-order chi connectivity index (χ0) is 16.2. The number of para-hydroxylation sites is 2. The first kappa shape index (κ1) is 15.3. The first-order valence-corrected chi connectivity index (χ1v) is 7.86. The molecule has 1 aliphatic rings. The van der Waals surface area contributed by atoms with E-state index >= 15 is 0 Å². The minimum atomic E-state index is -0.672. The molecule has 4 N–H and O–H groups in total. The van der Waals surface area contributed by atoms with Crippen LogP contribution in [-0.4, -0.2) is 46.4 Å². The Morgan fingerprint density at radius 1 is 1.39 bits per heavy atom. The van der Waals surface area contributed by atoms with Crippen LogP contribution < -0.4 is 11.1 Å². The molecule has 3 rings (SSSR count). The van der Waals surface area contributed by atoms with Gasteiger partial charge in [-0.1, -0.05) is 12.1 Å². The maximum atomic E-state index is 12.1. The van der Waals surface area contributed by atoms with Crippen molar-refractivity contribution in [1.29, 1.82) is 0 Å². The van der Waals surface area contributed by atoms with Gasteiger partial charge in [0.1, 0.15) is 5.82 Å². The Morgan fingerprint density at radius 2 is 2.22 bits per heavy atom. The van der Waals surface area contributed by atoms with Gasteiger partial charge >= 0.3 is 6.03 Å². The number of primary amides is 1. The second-order valence-corrected chi connectivity index (χ2v) is 5.97. The molecule has 1 fully saturated rings. The lowest BCUT2D eigenvalue weighted by atomic mass is 9.94. The summed E-state index contributed by atoms with van der Waals surface area (Å²) in [5.74, 6) is 1.25. The molecule has 0 spiro atoms. The van der Waals surface area contributed by atoms with Gasteiger partial charge in [-0.05, 0) is 30.9 Å². The summed E-state index contributed by atoms with van der Waals surface area (Å²) < 4.78 is 0. The van der Waals surface area contributed by atoms with Crippen molar-refractivity contribution >= 4 is 23.0 Å². The second-order valence-electron chi connectivity index (χ2n) is 5.97. The van der Waals surface area contributed by atoms with Crippen molar-refractivity contribution in [3.63, 3.8) is 0 Å². The fourth-order valence-corrected chi connectivity index (χ4v) is 3.11. The largest absolute Gasteiger partial charge is 0.352 e. The molecule has 0 radical (unpaired) electrons. The summed E-state index contributed by atoms with van der Waals surface area (Å²) in [6, 6.07) is 7.28. The summed E-state index contributed by atoms with van der Waals surface area (Å²) >= 11 is 0. The number of aromatic nitrogens is 2. The molecular weight excluding hydrogens is 294 g/mol. The highest BCUT2D eigenvalue weighted by Crippen LogP contribution is 2.21. The van der Waals surface area contributed by atoms with E-state index in [1.807, 2.05) is 24.3 Å². The van der Waals surface area contributed by atoms with E-state index in [9.17, 15) is 9.59 Å². The van der Waals surface area contributed by atoms with Crippen LogP contribution in [-0.2, 0) is 11.2 Å². The first-order valence-electron chi connectivity index (χ1n) is 7.86. The topological polar surface area (TPSA) is 104 Å². The molecule has 1 unspecified atom stereocenters. The molecule has 23 heavy (non-hydrogen) atoms. The predicted molar refractivity (Wildman–Crippen MR) is 86.7 cm³/mol. The highest BCUT2D eigenvalue weighted by molar-refractivity contribution is 5.83. The Bertz CT molecular complexity index is 678. The van der Waals surface area contributed by atoms with E-state index < -0.39 is 6.03 Å². The van der Waals surface area contributed by atoms with Gasteiger partial charge in [0.25, 0.3) is 0 Å². The first-order chi connectivity index (χ1) is 11.1. The lowest BCUT2D eigenvalue weighted by Crippen LogP contribution is -2.46. The Balaban J connectivity index is 1.59. The third kappa shape index (κ3) is 3.80. The summed E-state index contributed by atoms with van der Waals surface area (Å²) in [7, 11) is 0. The molecule has 0 saturated carbocycles. The van der Waals surface area contributed by atoms with Gasteiger partial charge < -0.3 is 20.9 Å². The van der Waals surface area contributed by atoms with E-state index in [0.717, 1.165) is 42.7 Å². The normalized spacial score (nSPS) is 18.1. The monoisotopic (exact) mass is 315 g/mol. The minimum Gasteiger partial charge on any atom is -0.352 e. The van der Waals surface area contributed by atoms with Crippen LogP contribution >= 0.6 is 0 Å². The van der Waals surface area contributed by atoms with Crippen LogP contribution in [0.25, 0.3) is 11.0 Å². The predicted octanol–water partition coefficient (Wildman–Crippen LogP) is 1.01. The van der Waals surface area contributed by atoms with Gasteiger partial charge in [-0.15, -0.1) is 0 Å². The average molecular weight is 315 g/mol. The molecule has 1 aromatic carbocycles. The number of rotatable bonds is 4. The number of hydrogen-bond acceptors (Lipinski definition) is 3.